The third-order valence-corrected chi connectivity index (χ3v) is 9.66. The minimum atomic E-state index is -2.17. The van der Waals surface area contributed by atoms with Crippen LogP contribution >= 0.6 is 0 Å². The molecule has 0 spiro atoms. The molecule has 6 atom stereocenters. The number of carboxylic acid groups (broad SMARTS) is 2. The molecule has 18 heteroatoms. The Balaban J connectivity index is 2.58. The van der Waals surface area contributed by atoms with Crippen molar-refractivity contribution in [3.8, 4) is 5.75 Å². The summed E-state index contributed by atoms with van der Waals surface area (Å²) in [7, 11) is 2.79. The summed E-state index contributed by atoms with van der Waals surface area (Å²) in [6.45, 7) is 11.8. The summed E-state index contributed by atoms with van der Waals surface area (Å²) in [4.78, 5) is 109. The van der Waals surface area contributed by atoms with Crippen molar-refractivity contribution >= 4 is 47.4 Å². The molecule has 9 N–H and O–H groups in total. The number of nitrogens with one attached hydrogen (secondary N) is 4. The van der Waals surface area contributed by atoms with E-state index in [1.54, 1.807) is 46.8 Å². The van der Waals surface area contributed by atoms with E-state index in [9.17, 15) is 53.7 Å². The normalized spacial score (nSPS) is 14.4. The maximum absolute atomic E-state index is 14.7. The Hall–Kier alpha value is -5.88. The van der Waals surface area contributed by atoms with Crippen LogP contribution in [0.2, 0.25) is 0 Å². The van der Waals surface area contributed by atoms with Gasteiger partial charge in [-0.25, -0.2) is 4.79 Å². The van der Waals surface area contributed by atoms with E-state index < -0.39 is 114 Å². The number of nitrogens with two attached hydrogens (primary N) is 1. The number of aliphatic carboxylic acids is 2. The molecule has 0 radical (unpaired) electrons. The van der Waals surface area contributed by atoms with Crippen LogP contribution in [-0.4, -0.2) is 123 Å². The summed E-state index contributed by atoms with van der Waals surface area (Å²) in [6, 6.07) is 6.29. The number of nitrogens with zero attached hydrogens (tertiary/aromatic N) is 2. The molecule has 0 aliphatic carbocycles. The lowest BCUT2D eigenvalue weighted by molar-refractivity contribution is -0.158. The third kappa shape index (κ3) is 16.6. The largest absolute Gasteiger partial charge is 0.508 e. The number of phenols is 1. The highest BCUT2D eigenvalue weighted by Gasteiger charge is 2.44. The van der Waals surface area contributed by atoms with E-state index in [4.69, 9.17) is 5.73 Å². The van der Waals surface area contributed by atoms with E-state index in [0.29, 0.717) is 17.0 Å². The number of hydrogen-bond donors (Lipinski definition) is 8. The van der Waals surface area contributed by atoms with Crippen molar-refractivity contribution in [2.75, 3.05) is 14.1 Å². The van der Waals surface area contributed by atoms with Gasteiger partial charge >= 0.3 is 11.9 Å². The van der Waals surface area contributed by atoms with Gasteiger partial charge in [0.15, 0.2) is 0 Å². The van der Waals surface area contributed by atoms with Gasteiger partial charge in [0, 0.05) is 20.6 Å². The molecule has 2 rings (SSSR count). The Morgan fingerprint density at radius 1 is 0.689 bits per heavy atom. The van der Waals surface area contributed by atoms with Crippen molar-refractivity contribution in [3.63, 3.8) is 0 Å². The number of benzene rings is 2. The van der Waals surface area contributed by atoms with Gasteiger partial charge in [0.2, 0.25) is 29.5 Å². The molecule has 0 saturated carbocycles. The highest BCUT2D eigenvalue weighted by molar-refractivity contribution is 6.07. The van der Waals surface area contributed by atoms with E-state index in [1.165, 1.54) is 40.1 Å². The standard InChI is InChI=1S/C43H63N7O11/c1-24(2)35(47-37(55)30(19-26-15-17-28(51)18-16-26)45-23-27-13-11-10-12-14-27)39(57)48-36(25(3)4)41(59)50(40(58)29(44)20-33(52)49(8)9)32(21-34(53)54)38(56)46-31(42(60)61)22-43(5,6)7/h10-18,24-25,29-32,35-36,45,51H,19-23,44H2,1-9H3,(H,46,56)(H,47,55)(H,48,57)(H,53,54)(H,60,61)/t29-,30-,31-,32-,35-,36-/m0/s1. The van der Waals surface area contributed by atoms with Crippen molar-refractivity contribution in [1.29, 1.82) is 0 Å². The van der Waals surface area contributed by atoms with Gasteiger partial charge in [-0.3, -0.25) is 38.5 Å². The van der Waals surface area contributed by atoms with Gasteiger partial charge in [-0.05, 0) is 53.4 Å². The molecule has 0 heterocycles. The minimum Gasteiger partial charge on any atom is -0.508 e. The van der Waals surface area contributed by atoms with Crippen LogP contribution in [-0.2, 0) is 51.3 Å². The summed E-state index contributed by atoms with van der Waals surface area (Å²) >= 11 is 0. The van der Waals surface area contributed by atoms with Crippen molar-refractivity contribution in [1.82, 2.24) is 31.1 Å². The highest BCUT2D eigenvalue weighted by atomic mass is 16.4. The van der Waals surface area contributed by atoms with E-state index in [2.05, 4.69) is 21.3 Å². The van der Waals surface area contributed by atoms with Crippen LogP contribution in [0, 0.1) is 17.3 Å². The summed E-state index contributed by atoms with van der Waals surface area (Å²) in [5.74, 6) is -10.4. The molecular weight excluding hydrogens is 791 g/mol. The fourth-order valence-corrected chi connectivity index (χ4v) is 6.26. The lowest BCUT2D eigenvalue weighted by Gasteiger charge is -2.36. The number of rotatable bonds is 22. The van der Waals surface area contributed by atoms with Crippen molar-refractivity contribution in [3.05, 3.63) is 65.7 Å². The number of aromatic hydroxyl groups is 1. The van der Waals surface area contributed by atoms with Crippen LogP contribution in [0.25, 0.3) is 0 Å². The smallest absolute Gasteiger partial charge is 0.326 e. The first-order valence-electron chi connectivity index (χ1n) is 20.1. The van der Waals surface area contributed by atoms with E-state index in [0.717, 1.165) is 10.5 Å². The summed E-state index contributed by atoms with van der Waals surface area (Å²) in [5, 5.41) is 40.5. The lowest BCUT2D eigenvalue weighted by Crippen LogP contribution is -2.64. The molecule has 2 aromatic rings. The van der Waals surface area contributed by atoms with E-state index >= 15 is 0 Å². The van der Waals surface area contributed by atoms with Gasteiger partial charge in [-0.2, -0.15) is 0 Å². The molecule has 0 aromatic heterocycles. The summed E-state index contributed by atoms with van der Waals surface area (Å²) in [6.07, 6.45) is -1.78. The molecule has 0 aliphatic heterocycles. The Labute approximate surface area is 357 Å². The zero-order valence-electron chi connectivity index (χ0n) is 36.4. The number of imide groups is 1. The average molecular weight is 854 g/mol. The Morgan fingerprint density at radius 2 is 1.25 bits per heavy atom. The number of hydrogen-bond acceptors (Lipinski definition) is 11. The quantitative estimate of drug-likeness (QED) is 0.0833. The van der Waals surface area contributed by atoms with Crippen molar-refractivity contribution < 1.29 is 53.7 Å². The monoisotopic (exact) mass is 853 g/mol. The number of carboxylic acids is 2. The maximum Gasteiger partial charge on any atom is 0.326 e. The Bertz CT molecular complexity index is 1850. The molecule has 0 saturated heterocycles. The first-order valence-corrected chi connectivity index (χ1v) is 20.1. The van der Waals surface area contributed by atoms with Crippen LogP contribution in [0.15, 0.2) is 54.6 Å². The van der Waals surface area contributed by atoms with Crippen LogP contribution < -0.4 is 27.0 Å². The molecule has 0 unspecified atom stereocenters. The highest BCUT2D eigenvalue weighted by Crippen LogP contribution is 2.22. The van der Waals surface area contributed by atoms with Crippen LogP contribution in [0.1, 0.15) is 78.9 Å². The predicted molar refractivity (Wildman–Crippen MR) is 225 cm³/mol. The van der Waals surface area contributed by atoms with E-state index in [-0.39, 0.29) is 18.6 Å². The fourth-order valence-electron chi connectivity index (χ4n) is 6.26. The SMILES string of the molecule is CC(C)[C@H](NC(=O)[C@H](Cc1ccc(O)cc1)NCc1ccccc1)C(=O)N[C@H](C(=O)N(C(=O)[C@@H](N)CC(=O)N(C)C)[C@@H](CC(=O)O)C(=O)N[C@@H](CC(C)(C)C)C(=O)O)C(C)C. The fraction of sp³-hybridized carbons (Fsp3) is 0.535. The molecule has 0 bridgehead atoms. The van der Waals surface area contributed by atoms with Gasteiger partial charge in [-0.1, -0.05) is 90.9 Å². The second kappa shape index (κ2) is 23.2. The van der Waals surface area contributed by atoms with Crippen LogP contribution in [0.3, 0.4) is 0 Å². The molecule has 0 fully saturated rings. The molecular formula is C43H63N7O11. The molecule has 6 amide bonds. The molecule has 61 heavy (non-hydrogen) atoms. The second-order valence-corrected chi connectivity index (χ2v) is 17.2. The third-order valence-electron chi connectivity index (χ3n) is 9.66. The lowest BCUT2D eigenvalue weighted by atomic mass is 9.88. The number of amides is 6. The van der Waals surface area contributed by atoms with E-state index in [1.807, 2.05) is 30.3 Å². The molecule has 0 aliphatic rings. The van der Waals surface area contributed by atoms with Crippen molar-refractivity contribution in [2.45, 2.75) is 117 Å². The van der Waals surface area contributed by atoms with Gasteiger partial charge in [-0.15, -0.1) is 0 Å². The maximum atomic E-state index is 14.7. The number of phenolic OH excluding ortho intramolecular Hbond substituents is 1. The number of carbonyl (C=O) groups is 8. The van der Waals surface area contributed by atoms with Gasteiger partial charge in [0.25, 0.3) is 5.91 Å². The zero-order valence-corrected chi connectivity index (χ0v) is 36.4. The molecule has 2 aromatic carbocycles. The first-order chi connectivity index (χ1) is 28.3. The summed E-state index contributed by atoms with van der Waals surface area (Å²) < 4.78 is 0. The molecule has 18 nitrogen and oxygen atoms in total. The Kier molecular flexibility index (Phi) is 19.5. The zero-order chi connectivity index (χ0) is 46.4. The Morgan fingerprint density at radius 3 is 1.74 bits per heavy atom. The predicted octanol–water partition coefficient (Wildman–Crippen LogP) is 1.38. The first kappa shape index (κ1) is 51.3. The molecule has 336 valence electrons. The minimum absolute atomic E-state index is 0.0389. The number of carbonyl (C=O) groups excluding carboxylic acids is 6. The topological polar surface area (TPSA) is 278 Å². The van der Waals surface area contributed by atoms with Gasteiger partial charge in [0.05, 0.1) is 24.9 Å². The van der Waals surface area contributed by atoms with Gasteiger partial charge in [0.1, 0.15) is 29.9 Å². The van der Waals surface area contributed by atoms with Crippen LogP contribution in [0.4, 0.5) is 0 Å². The van der Waals surface area contributed by atoms with Gasteiger partial charge < -0.3 is 47.2 Å². The van der Waals surface area contributed by atoms with Crippen molar-refractivity contribution in [2.24, 2.45) is 23.0 Å². The van der Waals surface area contributed by atoms with Crippen LogP contribution in [0.5, 0.6) is 5.75 Å². The average Bonchev–Trinajstić information content (AvgIpc) is 3.16. The summed E-state index contributed by atoms with van der Waals surface area (Å²) in [5.41, 5.74) is 7.10. The second-order valence-electron chi connectivity index (χ2n) is 17.2.